The van der Waals surface area contributed by atoms with Crippen LogP contribution in [0, 0.1) is 0 Å². The first-order valence-corrected chi connectivity index (χ1v) is 16.5. The van der Waals surface area contributed by atoms with E-state index in [1.807, 2.05) is 0 Å². The molecule has 258 valence electrons. The number of benzene rings is 1. The number of unbranched alkanes of at least 4 members (excludes halogenated alkanes) is 9. The van der Waals surface area contributed by atoms with Crippen molar-refractivity contribution < 1.29 is 54.7 Å². The average molecular weight is 661 g/mol. The van der Waals surface area contributed by atoms with Crippen molar-refractivity contribution in [1.29, 1.82) is 0 Å². The number of ether oxygens (including phenoxy) is 4. The fourth-order valence-corrected chi connectivity index (χ4v) is 5.61. The summed E-state index contributed by atoms with van der Waals surface area (Å²) < 4.78 is 22.3. The Balaban J connectivity index is 1.40. The van der Waals surface area contributed by atoms with E-state index in [0.29, 0.717) is 16.5 Å². The fourth-order valence-electron chi connectivity index (χ4n) is 5.39. The minimum Gasteiger partial charge on any atom is -0.462 e. The van der Waals surface area contributed by atoms with E-state index >= 15 is 0 Å². The second-order valence-corrected chi connectivity index (χ2v) is 12.1. The lowest BCUT2D eigenvalue weighted by Crippen LogP contribution is -2.65. The number of anilines is 1. The van der Waals surface area contributed by atoms with E-state index in [2.05, 4.69) is 17.6 Å². The molecular formula is C31H52N2O11S. The topological polar surface area (TPSA) is 203 Å². The van der Waals surface area contributed by atoms with E-state index in [0.717, 1.165) is 19.4 Å². The van der Waals surface area contributed by atoms with Gasteiger partial charge in [-0.3, -0.25) is 0 Å². The van der Waals surface area contributed by atoms with Crippen molar-refractivity contribution >= 4 is 23.0 Å². The average Bonchev–Trinajstić information content (AvgIpc) is 3.04. The van der Waals surface area contributed by atoms with Crippen LogP contribution in [-0.2, 0) is 14.2 Å². The molecule has 2 saturated heterocycles. The Morgan fingerprint density at radius 1 is 0.711 bits per heavy atom. The summed E-state index contributed by atoms with van der Waals surface area (Å²) in [5, 5.41) is 77.9. The quantitative estimate of drug-likeness (QED) is 0.0794. The van der Waals surface area contributed by atoms with Crippen LogP contribution in [0.5, 0.6) is 5.75 Å². The van der Waals surface area contributed by atoms with Crippen LogP contribution in [0.1, 0.15) is 71.1 Å². The second-order valence-electron chi connectivity index (χ2n) is 11.7. The molecule has 2 aliphatic rings. The van der Waals surface area contributed by atoms with E-state index in [9.17, 15) is 35.7 Å². The summed E-state index contributed by atoms with van der Waals surface area (Å²) in [7, 11) is 0. The molecule has 0 unspecified atom stereocenters. The molecule has 0 aliphatic carbocycles. The van der Waals surface area contributed by atoms with E-state index in [1.54, 1.807) is 24.3 Å². The maximum absolute atomic E-state index is 10.8. The summed E-state index contributed by atoms with van der Waals surface area (Å²) in [4.78, 5) is 0. The number of hydrogen-bond donors (Lipinski definition) is 9. The van der Waals surface area contributed by atoms with Gasteiger partial charge in [-0.1, -0.05) is 64.7 Å². The normalized spacial score (nSPS) is 31.8. The largest absolute Gasteiger partial charge is 0.462 e. The van der Waals surface area contributed by atoms with Crippen LogP contribution >= 0.6 is 12.2 Å². The van der Waals surface area contributed by atoms with Crippen LogP contribution in [0.25, 0.3) is 0 Å². The molecule has 0 saturated carbocycles. The molecule has 2 fully saturated rings. The lowest BCUT2D eigenvalue weighted by molar-refractivity contribution is -0.352. The van der Waals surface area contributed by atoms with E-state index in [1.165, 1.54) is 51.4 Å². The summed E-state index contributed by atoms with van der Waals surface area (Å²) in [6.07, 6.45) is -2.51. The first-order chi connectivity index (χ1) is 21.7. The van der Waals surface area contributed by atoms with Gasteiger partial charge in [0.2, 0.25) is 6.29 Å². The predicted molar refractivity (Wildman–Crippen MR) is 170 cm³/mol. The van der Waals surface area contributed by atoms with Crippen LogP contribution in [-0.4, -0.2) is 122 Å². The van der Waals surface area contributed by atoms with Crippen molar-refractivity contribution in [2.75, 3.05) is 25.1 Å². The van der Waals surface area contributed by atoms with Gasteiger partial charge in [-0.05, 0) is 42.9 Å². The highest BCUT2D eigenvalue weighted by Gasteiger charge is 2.51. The minimum atomic E-state index is -1.74. The molecule has 1 aromatic carbocycles. The summed E-state index contributed by atoms with van der Waals surface area (Å²) in [5.41, 5.74) is 0.717. The first-order valence-electron chi connectivity index (χ1n) is 16.1. The first kappa shape index (κ1) is 37.8. The molecule has 2 heterocycles. The lowest BCUT2D eigenvalue weighted by Gasteiger charge is -2.45. The van der Waals surface area contributed by atoms with Crippen LogP contribution in [0.3, 0.4) is 0 Å². The number of aliphatic hydroxyl groups excluding tert-OH is 7. The highest BCUT2D eigenvalue weighted by atomic mass is 32.1. The molecule has 0 radical (unpaired) electrons. The molecule has 0 bridgehead atoms. The third kappa shape index (κ3) is 11.5. The summed E-state index contributed by atoms with van der Waals surface area (Å²) in [6, 6.07) is 6.70. The SMILES string of the molecule is CCCCCCCCCCCCNC(=S)Nc1ccc(O[C@@H]2O[C@H](CO)[C@H](O[C@H]3O[C@H](CO)[C@H](O)[C@H](O)[C@H]3O)[C@H](O)[C@H]2O)cc1. The van der Waals surface area contributed by atoms with E-state index in [4.69, 9.17) is 31.2 Å². The van der Waals surface area contributed by atoms with Crippen LogP contribution in [0.2, 0.25) is 0 Å². The number of rotatable bonds is 18. The Hall–Kier alpha value is -1.69. The van der Waals surface area contributed by atoms with Crippen LogP contribution < -0.4 is 15.4 Å². The number of thiocarbonyl (C=S) groups is 1. The highest BCUT2D eigenvalue weighted by Crippen LogP contribution is 2.30. The molecule has 3 rings (SSSR count). The Labute approximate surface area is 270 Å². The molecule has 45 heavy (non-hydrogen) atoms. The summed E-state index contributed by atoms with van der Waals surface area (Å²) in [6.45, 7) is 1.69. The van der Waals surface area contributed by atoms with Gasteiger partial charge in [-0.2, -0.15) is 0 Å². The maximum atomic E-state index is 10.8. The monoisotopic (exact) mass is 660 g/mol. The van der Waals surface area contributed by atoms with Gasteiger partial charge in [0.1, 0.15) is 54.6 Å². The Morgan fingerprint density at radius 2 is 1.27 bits per heavy atom. The fraction of sp³-hybridized carbons (Fsp3) is 0.774. The molecule has 10 atom stereocenters. The van der Waals surface area contributed by atoms with Crippen molar-refractivity contribution in [3.8, 4) is 5.75 Å². The van der Waals surface area contributed by atoms with E-state index < -0.39 is 74.6 Å². The number of aliphatic hydroxyl groups is 7. The van der Waals surface area contributed by atoms with Gasteiger partial charge in [0, 0.05) is 12.2 Å². The van der Waals surface area contributed by atoms with Gasteiger partial charge in [0.25, 0.3) is 0 Å². The van der Waals surface area contributed by atoms with Crippen molar-refractivity contribution in [3.05, 3.63) is 24.3 Å². The Bertz CT molecular complexity index is 973. The smallest absolute Gasteiger partial charge is 0.229 e. The minimum absolute atomic E-state index is 0.311. The van der Waals surface area contributed by atoms with Gasteiger partial charge in [0.15, 0.2) is 11.4 Å². The van der Waals surface area contributed by atoms with Gasteiger partial charge in [-0.15, -0.1) is 0 Å². The third-order valence-corrected chi connectivity index (χ3v) is 8.39. The summed E-state index contributed by atoms with van der Waals surface area (Å²) in [5.74, 6) is 0.311. The number of hydrogen-bond acceptors (Lipinski definition) is 12. The second kappa shape index (κ2) is 19.9. The third-order valence-electron chi connectivity index (χ3n) is 8.14. The molecule has 0 spiro atoms. The highest BCUT2D eigenvalue weighted by molar-refractivity contribution is 7.80. The van der Waals surface area contributed by atoms with E-state index in [-0.39, 0.29) is 0 Å². The van der Waals surface area contributed by atoms with Crippen molar-refractivity contribution in [2.45, 2.75) is 133 Å². The van der Waals surface area contributed by atoms with Gasteiger partial charge < -0.3 is 65.3 Å². The van der Waals surface area contributed by atoms with Crippen molar-refractivity contribution in [2.24, 2.45) is 0 Å². The Kier molecular flexibility index (Phi) is 16.7. The molecular weight excluding hydrogens is 608 g/mol. The molecule has 0 aromatic heterocycles. The van der Waals surface area contributed by atoms with Crippen LogP contribution in [0.15, 0.2) is 24.3 Å². The molecule has 1 aromatic rings. The Morgan fingerprint density at radius 3 is 1.87 bits per heavy atom. The maximum Gasteiger partial charge on any atom is 0.229 e. The molecule has 9 N–H and O–H groups in total. The predicted octanol–water partition coefficient (Wildman–Crippen LogP) is 0.897. The molecule has 0 amide bonds. The van der Waals surface area contributed by atoms with Gasteiger partial charge in [0.05, 0.1) is 13.2 Å². The lowest BCUT2D eigenvalue weighted by atomic mass is 9.97. The molecule has 14 heteroatoms. The zero-order chi connectivity index (χ0) is 32.8. The van der Waals surface area contributed by atoms with Gasteiger partial charge in [-0.25, -0.2) is 0 Å². The molecule has 2 aliphatic heterocycles. The zero-order valence-corrected chi connectivity index (χ0v) is 26.8. The van der Waals surface area contributed by atoms with Crippen molar-refractivity contribution in [1.82, 2.24) is 5.32 Å². The number of nitrogens with one attached hydrogen (secondary N) is 2. The molecule has 13 nitrogen and oxygen atoms in total. The standard InChI is InChI=1S/C31H52N2O11S/c1-2-3-4-5-6-7-8-9-10-11-16-32-31(45)33-19-12-14-20(15-13-19)41-29-27(40)25(38)28(22(18-35)43-29)44-30-26(39)24(37)23(36)21(17-34)42-30/h12-15,21-30,34-40H,2-11,16-18H2,1H3,(H2,32,33,45)/t21-,22-,23+,24+,25-,26-,27-,28+,29-,30-/m1/s1. The van der Waals surface area contributed by atoms with Crippen molar-refractivity contribution in [3.63, 3.8) is 0 Å². The van der Waals surface area contributed by atoms with Crippen LogP contribution in [0.4, 0.5) is 5.69 Å². The van der Waals surface area contributed by atoms with Gasteiger partial charge >= 0.3 is 0 Å². The summed E-state index contributed by atoms with van der Waals surface area (Å²) >= 11 is 5.39. The zero-order valence-electron chi connectivity index (χ0n) is 25.9.